The molecule has 0 bridgehead atoms. The summed E-state index contributed by atoms with van der Waals surface area (Å²) in [5.41, 5.74) is 1.65. The number of carbonyl (C=O) groups is 2. The molecule has 0 spiro atoms. The van der Waals surface area contributed by atoms with Gasteiger partial charge >= 0.3 is 0 Å². The van der Waals surface area contributed by atoms with Gasteiger partial charge in [-0.25, -0.2) is 4.98 Å². The molecule has 1 aromatic heterocycles. The number of likely N-dealkylation sites (tertiary alicyclic amines) is 1. The van der Waals surface area contributed by atoms with E-state index in [4.69, 9.17) is 0 Å². The lowest BCUT2D eigenvalue weighted by Gasteiger charge is -2.25. The summed E-state index contributed by atoms with van der Waals surface area (Å²) in [4.78, 5) is 31.0. The van der Waals surface area contributed by atoms with Gasteiger partial charge in [0.25, 0.3) is 0 Å². The molecule has 132 valence electrons. The molecule has 1 amide bonds. The minimum atomic E-state index is -0.164. The predicted molar refractivity (Wildman–Crippen MR) is 99.9 cm³/mol. The molecular weight excluding hydrogens is 334 g/mol. The van der Waals surface area contributed by atoms with Gasteiger partial charge in [-0.1, -0.05) is 36.8 Å². The summed E-state index contributed by atoms with van der Waals surface area (Å²) in [6.07, 6.45) is 4.21. The van der Waals surface area contributed by atoms with Crippen molar-refractivity contribution in [3.63, 3.8) is 0 Å². The van der Waals surface area contributed by atoms with Crippen molar-refractivity contribution in [3.8, 4) is 0 Å². The van der Waals surface area contributed by atoms with Crippen LogP contribution in [-0.2, 0) is 11.3 Å². The van der Waals surface area contributed by atoms with Crippen molar-refractivity contribution in [1.82, 2.24) is 9.88 Å². The Morgan fingerprint density at radius 2 is 1.84 bits per heavy atom. The van der Waals surface area contributed by atoms with E-state index >= 15 is 0 Å². The third-order valence-corrected chi connectivity index (χ3v) is 5.11. The van der Waals surface area contributed by atoms with Gasteiger partial charge in [0.05, 0.1) is 5.69 Å². The molecule has 0 atom stereocenters. The molecule has 2 aromatic rings. The number of rotatable bonds is 7. The first kappa shape index (κ1) is 17.8. The molecule has 3 rings (SSSR count). The van der Waals surface area contributed by atoms with Crippen LogP contribution in [0.2, 0.25) is 0 Å². The van der Waals surface area contributed by atoms with Crippen molar-refractivity contribution in [1.29, 1.82) is 0 Å². The Balaban J connectivity index is 1.44. The van der Waals surface area contributed by atoms with Gasteiger partial charge in [0.15, 0.2) is 10.9 Å². The number of benzene rings is 1. The first-order valence-corrected chi connectivity index (χ1v) is 9.63. The van der Waals surface area contributed by atoms with Crippen molar-refractivity contribution in [2.45, 2.75) is 38.6 Å². The Hall–Kier alpha value is -2.05. The number of Topliss-reactive ketones (excluding diaryl/α,β-unsaturated/α-hetero) is 1. The van der Waals surface area contributed by atoms with E-state index in [9.17, 15) is 9.59 Å². The number of ketones is 1. The molecule has 5 nitrogen and oxygen atoms in total. The van der Waals surface area contributed by atoms with Crippen LogP contribution in [0.25, 0.3) is 0 Å². The molecule has 2 heterocycles. The summed E-state index contributed by atoms with van der Waals surface area (Å²) < 4.78 is 0. The van der Waals surface area contributed by atoms with Gasteiger partial charge in [-0.15, -0.1) is 11.3 Å². The van der Waals surface area contributed by atoms with Crippen LogP contribution in [0.3, 0.4) is 0 Å². The van der Waals surface area contributed by atoms with E-state index in [0.717, 1.165) is 25.3 Å². The number of piperidine rings is 1. The highest BCUT2D eigenvalue weighted by atomic mass is 32.1. The summed E-state index contributed by atoms with van der Waals surface area (Å²) in [6, 6.07) is 9.06. The summed E-state index contributed by atoms with van der Waals surface area (Å²) >= 11 is 1.44. The lowest BCUT2D eigenvalue weighted by atomic mass is 10.1. The Morgan fingerprint density at radius 3 is 2.60 bits per heavy atom. The molecule has 1 fully saturated rings. The maximum absolute atomic E-state index is 12.0. The van der Waals surface area contributed by atoms with E-state index in [0.29, 0.717) is 10.7 Å². The monoisotopic (exact) mass is 357 g/mol. The van der Waals surface area contributed by atoms with Gasteiger partial charge in [0.2, 0.25) is 5.91 Å². The normalized spacial score (nSPS) is 15.0. The molecule has 0 radical (unpaired) electrons. The number of amides is 1. The van der Waals surface area contributed by atoms with E-state index in [1.807, 2.05) is 23.6 Å². The van der Waals surface area contributed by atoms with Crippen molar-refractivity contribution in [2.24, 2.45) is 0 Å². The van der Waals surface area contributed by atoms with Crippen LogP contribution >= 0.6 is 11.3 Å². The summed E-state index contributed by atoms with van der Waals surface area (Å²) in [5, 5.41) is 5.42. The summed E-state index contributed by atoms with van der Waals surface area (Å²) in [7, 11) is 0. The second-order valence-corrected chi connectivity index (χ2v) is 7.18. The number of nitrogens with zero attached hydrogens (tertiary/aromatic N) is 2. The molecular formula is C19H23N3O2S. The molecule has 1 aliphatic rings. The average Bonchev–Trinajstić information content (AvgIpc) is 3.08. The Labute approximate surface area is 152 Å². The van der Waals surface area contributed by atoms with Crippen LogP contribution in [0.5, 0.6) is 0 Å². The highest BCUT2D eigenvalue weighted by molar-refractivity contribution is 7.13. The quantitative estimate of drug-likeness (QED) is 0.767. The van der Waals surface area contributed by atoms with Gasteiger partial charge in [0.1, 0.15) is 0 Å². The minimum Gasteiger partial charge on any atom is -0.302 e. The topological polar surface area (TPSA) is 62.3 Å². The Bertz CT molecular complexity index is 708. The van der Waals surface area contributed by atoms with Crippen LogP contribution in [0.15, 0.2) is 35.7 Å². The number of anilines is 1. The molecule has 6 heteroatoms. The van der Waals surface area contributed by atoms with E-state index in [1.165, 1.54) is 30.6 Å². The number of thiazole rings is 1. The zero-order valence-corrected chi connectivity index (χ0v) is 15.1. The number of carbonyl (C=O) groups excluding carboxylic acids is 2. The number of nitrogens with one attached hydrogen (secondary N) is 1. The van der Waals surface area contributed by atoms with E-state index in [2.05, 4.69) is 15.2 Å². The molecule has 0 unspecified atom stereocenters. The maximum atomic E-state index is 12.0. The second-order valence-electron chi connectivity index (χ2n) is 6.32. The summed E-state index contributed by atoms with van der Waals surface area (Å²) in [5.74, 6) is -0.177. The smallest absolute Gasteiger partial charge is 0.226 e. The Morgan fingerprint density at radius 1 is 1.08 bits per heavy atom. The molecule has 1 aromatic carbocycles. The highest BCUT2D eigenvalue weighted by Crippen LogP contribution is 2.19. The molecule has 1 saturated heterocycles. The molecule has 1 N–H and O–H groups in total. The van der Waals surface area contributed by atoms with E-state index in [-0.39, 0.29) is 24.5 Å². The van der Waals surface area contributed by atoms with Crippen LogP contribution in [-0.4, -0.2) is 34.7 Å². The minimum absolute atomic E-state index is 0.0133. The maximum Gasteiger partial charge on any atom is 0.226 e. The zero-order valence-electron chi connectivity index (χ0n) is 14.2. The standard InChI is InChI=1S/C19H23N3O2S/c23-17(15-7-3-1-4-8-15)9-10-18(24)21-19-20-16(14-25-19)13-22-11-5-2-6-12-22/h1,3-4,7-8,14H,2,5-6,9-13H2,(H,20,21,24). The van der Waals surface area contributed by atoms with Gasteiger partial charge in [0, 0.05) is 30.3 Å². The number of hydrogen-bond acceptors (Lipinski definition) is 5. The molecule has 1 aliphatic heterocycles. The largest absolute Gasteiger partial charge is 0.302 e. The second kappa shape index (κ2) is 8.87. The van der Waals surface area contributed by atoms with Crippen LogP contribution < -0.4 is 5.32 Å². The predicted octanol–water partition coefficient (Wildman–Crippen LogP) is 3.73. The number of hydrogen-bond donors (Lipinski definition) is 1. The van der Waals surface area contributed by atoms with Crippen molar-refractivity contribution >= 4 is 28.2 Å². The third kappa shape index (κ3) is 5.47. The lowest BCUT2D eigenvalue weighted by Crippen LogP contribution is -2.29. The van der Waals surface area contributed by atoms with Gasteiger partial charge in [-0.2, -0.15) is 0 Å². The van der Waals surface area contributed by atoms with Gasteiger partial charge < -0.3 is 5.32 Å². The van der Waals surface area contributed by atoms with Crippen LogP contribution in [0.1, 0.15) is 48.2 Å². The zero-order chi connectivity index (χ0) is 17.5. The molecule has 25 heavy (non-hydrogen) atoms. The first-order chi connectivity index (χ1) is 12.2. The van der Waals surface area contributed by atoms with Crippen LogP contribution in [0.4, 0.5) is 5.13 Å². The van der Waals surface area contributed by atoms with Crippen molar-refractivity contribution < 1.29 is 9.59 Å². The van der Waals surface area contributed by atoms with Gasteiger partial charge in [-0.05, 0) is 25.9 Å². The Kier molecular flexibility index (Phi) is 6.30. The summed E-state index contributed by atoms with van der Waals surface area (Å²) in [6.45, 7) is 3.10. The lowest BCUT2D eigenvalue weighted by molar-refractivity contribution is -0.116. The highest BCUT2D eigenvalue weighted by Gasteiger charge is 2.14. The molecule has 0 aliphatic carbocycles. The number of aromatic nitrogens is 1. The van der Waals surface area contributed by atoms with E-state index < -0.39 is 0 Å². The van der Waals surface area contributed by atoms with Crippen molar-refractivity contribution in [3.05, 3.63) is 47.0 Å². The average molecular weight is 357 g/mol. The fourth-order valence-corrected chi connectivity index (χ4v) is 3.68. The van der Waals surface area contributed by atoms with E-state index in [1.54, 1.807) is 12.1 Å². The fraction of sp³-hybridized carbons (Fsp3) is 0.421. The SMILES string of the molecule is O=C(CCC(=O)c1ccccc1)Nc1nc(CN2CCCCC2)cs1. The van der Waals surface area contributed by atoms with Gasteiger partial charge in [-0.3, -0.25) is 14.5 Å². The van der Waals surface area contributed by atoms with Crippen LogP contribution in [0, 0.1) is 0 Å². The fourth-order valence-electron chi connectivity index (χ4n) is 2.96. The van der Waals surface area contributed by atoms with Crippen molar-refractivity contribution in [2.75, 3.05) is 18.4 Å². The third-order valence-electron chi connectivity index (χ3n) is 4.31. The molecule has 0 saturated carbocycles. The first-order valence-electron chi connectivity index (χ1n) is 8.75.